The molecule has 3 rings (SSSR count). The van der Waals surface area contributed by atoms with Crippen LogP contribution in [0.4, 0.5) is 0 Å². The highest BCUT2D eigenvalue weighted by molar-refractivity contribution is 6.99. The second-order valence-corrected chi connectivity index (χ2v) is 13.8. The van der Waals surface area contributed by atoms with Crippen LogP contribution in [0.1, 0.15) is 32.8 Å². The van der Waals surface area contributed by atoms with Crippen molar-refractivity contribution in [2.24, 2.45) is 0 Å². The zero-order valence-corrected chi connectivity index (χ0v) is 22.1. The minimum absolute atomic E-state index is 0.0440. The number of ether oxygens (including phenoxy) is 3. The molecule has 1 atom stereocenters. The molecule has 0 saturated heterocycles. The van der Waals surface area contributed by atoms with Crippen molar-refractivity contribution in [2.45, 2.75) is 44.9 Å². The van der Waals surface area contributed by atoms with Gasteiger partial charge in [0.1, 0.15) is 5.75 Å². The van der Waals surface area contributed by atoms with Crippen LogP contribution in [0.3, 0.4) is 0 Å². The van der Waals surface area contributed by atoms with Gasteiger partial charge in [0.2, 0.25) is 0 Å². The Kier molecular flexibility index (Phi) is 9.48. The number of hydrogen-bond donors (Lipinski definition) is 0. The summed E-state index contributed by atoms with van der Waals surface area (Å²) >= 11 is 0. The van der Waals surface area contributed by atoms with E-state index in [4.69, 9.17) is 18.6 Å². The molecule has 0 bridgehead atoms. The van der Waals surface area contributed by atoms with Crippen molar-refractivity contribution >= 4 is 18.7 Å². The van der Waals surface area contributed by atoms with Gasteiger partial charge in [-0.15, -0.1) is 0 Å². The van der Waals surface area contributed by atoms with E-state index in [1.165, 1.54) is 10.4 Å². The molecule has 0 saturated carbocycles. The van der Waals surface area contributed by atoms with Crippen LogP contribution in [0.5, 0.6) is 5.75 Å². The molecule has 4 nitrogen and oxygen atoms in total. The summed E-state index contributed by atoms with van der Waals surface area (Å²) in [7, 11) is 0.854. The third-order valence-electron chi connectivity index (χ3n) is 6.25. The monoisotopic (exact) mass is 478 g/mol. The van der Waals surface area contributed by atoms with E-state index in [9.17, 15) is 0 Å². The Balaban J connectivity index is 1.69. The Morgan fingerprint density at radius 3 is 1.79 bits per heavy atom. The van der Waals surface area contributed by atoms with Crippen LogP contribution >= 0.6 is 0 Å². The van der Waals surface area contributed by atoms with E-state index in [0.29, 0.717) is 19.8 Å². The molecular formula is C29H38O4Si. The van der Waals surface area contributed by atoms with Gasteiger partial charge in [0.05, 0.1) is 26.4 Å². The van der Waals surface area contributed by atoms with Crippen LogP contribution in [0.25, 0.3) is 0 Å². The molecule has 0 aromatic heterocycles. The first-order valence-corrected chi connectivity index (χ1v) is 13.8. The van der Waals surface area contributed by atoms with Gasteiger partial charge in [0.25, 0.3) is 8.32 Å². The third-order valence-corrected chi connectivity index (χ3v) is 11.3. The molecule has 0 amide bonds. The van der Waals surface area contributed by atoms with Gasteiger partial charge >= 0.3 is 0 Å². The summed E-state index contributed by atoms with van der Waals surface area (Å²) in [5, 5.41) is 2.50. The van der Waals surface area contributed by atoms with E-state index in [0.717, 1.165) is 17.7 Å². The van der Waals surface area contributed by atoms with Crippen molar-refractivity contribution in [1.29, 1.82) is 0 Å². The minimum Gasteiger partial charge on any atom is -0.497 e. The zero-order chi connectivity index (χ0) is 24.4. The Morgan fingerprint density at radius 1 is 0.765 bits per heavy atom. The van der Waals surface area contributed by atoms with Crippen molar-refractivity contribution in [2.75, 3.05) is 27.4 Å². The fourth-order valence-electron chi connectivity index (χ4n) is 4.38. The Bertz CT molecular complexity index is 929. The quantitative estimate of drug-likeness (QED) is 0.265. The second-order valence-electron chi connectivity index (χ2n) is 9.52. The topological polar surface area (TPSA) is 36.9 Å². The van der Waals surface area contributed by atoms with Crippen LogP contribution in [0, 0.1) is 0 Å². The fourth-order valence-corrected chi connectivity index (χ4v) is 8.97. The summed E-state index contributed by atoms with van der Waals surface area (Å²) in [5.41, 5.74) is 1.12. The first-order chi connectivity index (χ1) is 16.4. The number of benzene rings is 3. The highest BCUT2D eigenvalue weighted by atomic mass is 28.4. The van der Waals surface area contributed by atoms with Gasteiger partial charge in [-0.2, -0.15) is 0 Å². The standard InChI is InChI=1S/C29H38O4Si/c1-29(2,3)34(27-12-8-6-9-13-27,28-14-10-7-11-15-28)33-23-26(31-5)20-21-32-22-24-16-18-25(30-4)19-17-24/h6-19,26H,20-23H2,1-5H3/t26-/m1/s1. The van der Waals surface area contributed by atoms with Gasteiger partial charge in [-0.1, -0.05) is 93.6 Å². The Hall–Kier alpha value is -2.44. The van der Waals surface area contributed by atoms with Crippen molar-refractivity contribution in [1.82, 2.24) is 0 Å². The minimum atomic E-state index is -2.57. The fraction of sp³-hybridized carbons (Fsp3) is 0.379. The van der Waals surface area contributed by atoms with Crippen LogP contribution in [0.15, 0.2) is 84.9 Å². The Labute approximate surface area is 206 Å². The second kappa shape index (κ2) is 12.3. The van der Waals surface area contributed by atoms with Crippen molar-refractivity contribution in [3.05, 3.63) is 90.5 Å². The molecule has 3 aromatic carbocycles. The highest BCUT2D eigenvalue weighted by Gasteiger charge is 2.50. The summed E-state index contributed by atoms with van der Waals surface area (Å²) in [6.07, 6.45) is 0.725. The van der Waals surface area contributed by atoms with Gasteiger partial charge in [0, 0.05) is 13.7 Å². The maximum absolute atomic E-state index is 7.00. The zero-order valence-electron chi connectivity index (χ0n) is 21.1. The summed E-state index contributed by atoms with van der Waals surface area (Å²) in [6.45, 7) is 8.57. The maximum atomic E-state index is 7.00. The largest absolute Gasteiger partial charge is 0.497 e. The van der Waals surface area contributed by atoms with E-state index in [1.807, 2.05) is 24.3 Å². The van der Waals surface area contributed by atoms with Gasteiger partial charge in [-0.05, 0) is 39.5 Å². The summed E-state index contributed by atoms with van der Waals surface area (Å²) in [5.74, 6) is 0.851. The molecule has 0 aliphatic carbocycles. The summed E-state index contributed by atoms with van der Waals surface area (Å²) in [6, 6.07) is 29.4. The van der Waals surface area contributed by atoms with Crippen molar-refractivity contribution in [3.8, 4) is 5.75 Å². The first kappa shape index (κ1) is 26.2. The van der Waals surface area contributed by atoms with E-state index in [-0.39, 0.29) is 11.1 Å². The number of methoxy groups -OCH3 is 2. The van der Waals surface area contributed by atoms with Gasteiger partial charge in [-0.3, -0.25) is 0 Å². The van der Waals surface area contributed by atoms with Gasteiger partial charge in [-0.25, -0.2) is 0 Å². The first-order valence-electron chi connectivity index (χ1n) is 11.9. The highest BCUT2D eigenvalue weighted by Crippen LogP contribution is 2.37. The predicted octanol–water partition coefficient (Wildman–Crippen LogP) is 5.19. The molecule has 34 heavy (non-hydrogen) atoms. The van der Waals surface area contributed by atoms with E-state index in [1.54, 1.807) is 14.2 Å². The lowest BCUT2D eigenvalue weighted by Crippen LogP contribution is -2.67. The van der Waals surface area contributed by atoms with E-state index >= 15 is 0 Å². The van der Waals surface area contributed by atoms with Crippen LogP contribution < -0.4 is 15.1 Å². The molecule has 0 aliphatic rings. The number of hydrogen-bond acceptors (Lipinski definition) is 4. The van der Waals surface area contributed by atoms with Crippen molar-refractivity contribution < 1.29 is 18.6 Å². The molecule has 0 spiro atoms. The maximum Gasteiger partial charge on any atom is 0.261 e. The lowest BCUT2D eigenvalue weighted by atomic mass is 10.2. The molecule has 0 heterocycles. The lowest BCUT2D eigenvalue weighted by Gasteiger charge is -2.43. The van der Waals surface area contributed by atoms with Crippen LogP contribution in [-0.4, -0.2) is 41.9 Å². The Morgan fingerprint density at radius 2 is 1.32 bits per heavy atom. The predicted molar refractivity (Wildman–Crippen MR) is 142 cm³/mol. The molecule has 182 valence electrons. The van der Waals surface area contributed by atoms with Gasteiger partial charge in [0.15, 0.2) is 0 Å². The smallest absolute Gasteiger partial charge is 0.261 e. The summed E-state index contributed by atoms with van der Waals surface area (Å²) in [4.78, 5) is 0. The average Bonchev–Trinajstić information content (AvgIpc) is 2.86. The number of rotatable bonds is 12. The molecule has 3 aromatic rings. The molecule has 0 unspecified atom stereocenters. The van der Waals surface area contributed by atoms with Crippen molar-refractivity contribution in [3.63, 3.8) is 0 Å². The molecule has 0 aliphatic heterocycles. The molecule has 0 N–H and O–H groups in total. The van der Waals surface area contributed by atoms with E-state index in [2.05, 4.69) is 81.4 Å². The molecule has 0 fully saturated rings. The summed E-state index contributed by atoms with van der Waals surface area (Å²) < 4.78 is 24.0. The average molecular weight is 479 g/mol. The molecule has 0 radical (unpaired) electrons. The molecule has 5 heteroatoms. The molecular weight excluding hydrogens is 440 g/mol. The van der Waals surface area contributed by atoms with Crippen LogP contribution in [-0.2, 0) is 20.5 Å². The lowest BCUT2D eigenvalue weighted by molar-refractivity contribution is 0.0184. The van der Waals surface area contributed by atoms with E-state index < -0.39 is 8.32 Å². The SMILES string of the molecule is COc1ccc(COCC[C@H](CO[Si](c2ccccc2)(c2ccccc2)C(C)(C)C)OC)cc1. The van der Waals surface area contributed by atoms with Crippen LogP contribution in [0.2, 0.25) is 5.04 Å². The normalized spacial score (nSPS) is 13.0. The third kappa shape index (κ3) is 6.36. The van der Waals surface area contributed by atoms with Gasteiger partial charge < -0.3 is 18.6 Å².